The Kier molecular flexibility index (Phi) is 6.25. The lowest BCUT2D eigenvalue weighted by Crippen LogP contribution is -2.18. The van der Waals surface area contributed by atoms with Gasteiger partial charge in [0.1, 0.15) is 11.2 Å². The van der Waals surface area contributed by atoms with Gasteiger partial charge in [-0.25, -0.2) is 9.97 Å². The Balaban J connectivity index is 1.45. The molecule has 34 heavy (non-hydrogen) atoms. The number of rotatable bonds is 6. The Morgan fingerprint density at radius 3 is 2.97 bits per heavy atom. The molecule has 3 aromatic heterocycles. The van der Waals surface area contributed by atoms with E-state index in [0.29, 0.717) is 23.3 Å². The third kappa shape index (κ3) is 4.38. The smallest absolute Gasteiger partial charge is 0.282 e. The molecule has 0 atom stereocenters. The van der Waals surface area contributed by atoms with Gasteiger partial charge in [-0.2, -0.15) is 19.2 Å². The number of fused-ring (bicyclic) bond motifs is 3. The number of nitrogens with zero attached hydrogens (tertiary/aromatic N) is 5. The summed E-state index contributed by atoms with van der Waals surface area (Å²) in [5, 5.41) is 4.85. The summed E-state index contributed by atoms with van der Waals surface area (Å²) < 4.78 is 26.4. The van der Waals surface area contributed by atoms with Crippen LogP contribution in [0.15, 0.2) is 40.6 Å². The van der Waals surface area contributed by atoms with Crippen molar-refractivity contribution in [2.75, 3.05) is 6.61 Å². The summed E-state index contributed by atoms with van der Waals surface area (Å²) in [5.74, 6) is -0.464. The molecule has 0 unspecified atom stereocenters. The van der Waals surface area contributed by atoms with Crippen molar-refractivity contribution in [3.8, 4) is 17.4 Å². The fraction of sp³-hybridized carbons (Fsp3) is 0.261. The normalized spacial score (nSPS) is 13.4. The minimum atomic E-state index is -0.754. The molecule has 0 radical (unpaired) electrons. The first-order valence-corrected chi connectivity index (χ1v) is 11.9. The molecule has 0 N–H and O–H groups in total. The average molecular weight is 500 g/mol. The highest BCUT2D eigenvalue weighted by atomic mass is 35.5. The van der Waals surface area contributed by atoms with Crippen LogP contribution in [0.5, 0.6) is 17.4 Å². The Morgan fingerprint density at radius 1 is 1.26 bits per heavy atom. The van der Waals surface area contributed by atoms with Gasteiger partial charge in [0.2, 0.25) is 11.1 Å². The fourth-order valence-electron chi connectivity index (χ4n) is 3.81. The largest absolute Gasteiger partial charge is 0.490 e. The number of aromatic nitrogens is 4. The molecule has 4 aromatic rings. The van der Waals surface area contributed by atoms with Crippen molar-refractivity contribution in [3.05, 3.63) is 68.2 Å². The van der Waals surface area contributed by atoms with E-state index in [1.807, 2.05) is 6.92 Å². The third-order valence-corrected chi connectivity index (χ3v) is 6.73. The van der Waals surface area contributed by atoms with E-state index < -0.39 is 5.82 Å². The molecule has 0 amide bonds. The van der Waals surface area contributed by atoms with Gasteiger partial charge in [-0.15, -0.1) is 11.3 Å². The molecule has 0 bridgehead atoms. The Hall–Kier alpha value is -3.37. The van der Waals surface area contributed by atoms with Crippen LogP contribution in [0.2, 0.25) is 5.28 Å². The predicted molar refractivity (Wildman–Crippen MR) is 128 cm³/mol. The third-order valence-electron chi connectivity index (χ3n) is 5.35. The molecule has 0 fully saturated rings. The molecule has 1 aromatic carbocycles. The zero-order chi connectivity index (χ0) is 23.7. The number of hydrogen-bond donors (Lipinski definition) is 0. The van der Waals surface area contributed by atoms with Crippen LogP contribution in [-0.4, -0.2) is 32.4 Å². The molecular formula is C23H19ClFN5O3S. The number of benzene rings is 1. The van der Waals surface area contributed by atoms with Crippen LogP contribution in [-0.2, 0) is 12.8 Å². The summed E-state index contributed by atoms with van der Waals surface area (Å²) in [6, 6.07) is 4.97. The van der Waals surface area contributed by atoms with Crippen molar-refractivity contribution in [2.45, 2.75) is 32.6 Å². The monoisotopic (exact) mass is 499 g/mol. The van der Waals surface area contributed by atoms with Gasteiger partial charge in [-0.1, -0.05) is 0 Å². The lowest BCUT2D eigenvalue weighted by Gasteiger charge is -2.12. The molecular weight excluding hydrogens is 481 g/mol. The number of aryl methyl sites for hydroxylation is 2. The topological polar surface area (TPSA) is 91.5 Å². The average Bonchev–Trinajstić information content (AvgIpc) is 3.22. The molecule has 0 spiro atoms. The summed E-state index contributed by atoms with van der Waals surface area (Å²) in [5.41, 5.74) is 1.59. The summed E-state index contributed by atoms with van der Waals surface area (Å²) in [6.45, 7) is 2.17. The zero-order valence-electron chi connectivity index (χ0n) is 18.1. The van der Waals surface area contributed by atoms with Crippen LogP contribution in [0.25, 0.3) is 10.2 Å². The minimum absolute atomic E-state index is 0.138. The van der Waals surface area contributed by atoms with Gasteiger partial charge in [0.25, 0.3) is 11.4 Å². The van der Waals surface area contributed by atoms with E-state index in [-0.39, 0.29) is 22.5 Å². The molecule has 11 heteroatoms. The molecule has 0 aliphatic heterocycles. The molecule has 8 nitrogen and oxygen atoms in total. The second kappa shape index (κ2) is 9.47. The lowest BCUT2D eigenvalue weighted by molar-refractivity contribution is 0.316. The molecule has 1 aliphatic carbocycles. The van der Waals surface area contributed by atoms with Crippen LogP contribution < -0.4 is 15.0 Å². The maximum atomic E-state index is 14.0. The highest BCUT2D eigenvalue weighted by molar-refractivity contribution is 7.18. The molecule has 0 saturated carbocycles. The maximum absolute atomic E-state index is 14.0. The molecule has 5 rings (SSSR count). The minimum Gasteiger partial charge on any atom is -0.490 e. The van der Waals surface area contributed by atoms with Crippen molar-refractivity contribution < 1.29 is 13.9 Å². The van der Waals surface area contributed by atoms with E-state index in [1.54, 1.807) is 29.5 Å². The highest BCUT2D eigenvalue weighted by Crippen LogP contribution is 2.34. The number of ether oxygens (including phenoxy) is 2. The summed E-state index contributed by atoms with van der Waals surface area (Å²) in [7, 11) is 0. The molecule has 0 saturated heterocycles. The van der Waals surface area contributed by atoms with Crippen LogP contribution >= 0.6 is 22.9 Å². The predicted octanol–water partition coefficient (Wildman–Crippen LogP) is 4.99. The summed E-state index contributed by atoms with van der Waals surface area (Å²) in [4.78, 5) is 26.9. The zero-order valence-corrected chi connectivity index (χ0v) is 19.7. The molecule has 174 valence electrons. The van der Waals surface area contributed by atoms with Crippen LogP contribution in [0.4, 0.5) is 4.39 Å². The van der Waals surface area contributed by atoms with Gasteiger partial charge >= 0.3 is 0 Å². The van der Waals surface area contributed by atoms with Crippen molar-refractivity contribution >= 4 is 39.4 Å². The van der Waals surface area contributed by atoms with E-state index in [1.165, 1.54) is 22.1 Å². The Bertz CT molecular complexity index is 1470. The Morgan fingerprint density at radius 2 is 2.12 bits per heavy atom. The van der Waals surface area contributed by atoms with Gasteiger partial charge < -0.3 is 9.47 Å². The van der Waals surface area contributed by atoms with Gasteiger partial charge in [0, 0.05) is 4.88 Å². The fourth-order valence-corrected chi connectivity index (χ4v) is 5.16. The van der Waals surface area contributed by atoms with E-state index in [9.17, 15) is 9.18 Å². The van der Waals surface area contributed by atoms with Gasteiger partial charge in [0.15, 0.2) is 11.5 Å². The first-order valence-electron chi connectivity index (χ1n) is 10.7. The lowest BCUT2D eigenvalue weighted by atomic mass is 9.97. The van der Waals surface area contributed by atoms with E-state index >= 15 is 0 Å². The highest BCUT2D eigenvalue weighted by Gasteiger charge is 2.20. The maximum Gasteiger partial charge on any atom is 0.282 e. The van der Waals surface area contributed by atoms with Crippen molar-refractivity contribution in [2.24, 2.45) is 5.10 Å². The quantitative estimate of drug-likeness (QED) is 0.274. The Labute approximate surface area is 202 Å². The van der Waals surface area contributed by atoms with Crippen LogP contribution in [0, 0.1) is 5.82 Å². The van der Waals surface area contributed by atoms with Gasteiger partial charge in [-0.3, -0.25) is 4.79 Å². The first kappa shape index (κ1) is 22.4. The second-order valence-corrected chi connectivity index (χ2v) is 8.98. The van der Waals surface area contributed by atoms with Gasteiger partial charge in [0.05, 0.1) is 24.4 Å². The van der Waals surface area contributed by atoms with E-state index in [0.717, 1.165) is 42.3 Å². The van der Waals surface area contributed by atoms with Crippen molar-refractivity contribution in [3.63, 3.8) is 0 Å². The summed E-state index contributed by atoms with van der Waals surface area (Å²) in [6.07, 6.45) is 8.02. The van der Waals surface area contributed by atoms with Gasteiger partial charge in [-0.05, 0) is 73.5 Å². The second-order valence-electron chi connectivity index (χ2n) is 7.56. The SMILES string of the molecule is CCOc1cc(C=Nn2cnc3sc4c(c3c2=O)CCCC4)ccc1Oc1nc(Cl)ncc1F. The number of thiophene rings is 1. The molecule has 1 aliphatic rings. The van der Waals surface area contributed by atoms with E-state index in [2.05, 4.69) is 20.1 Å². The number of halogens is 2. The van der Waals surface area contributed by atoms with Crippen LogP contribution in [0.3, 0.4) is 0 Å². The van der Waals surface area contributed by atoms with Crippen LogP contribution in [0.1, 0.15) is 35.8 Å². The van der Waals surface area contributed by atoms with Crippen molar-refractivity contribution in [1.29, 1.82) is 0 Å². The first-order chi connectivity index (χ1) is 16.5. The standard InChI is InChI=1S/C23H19ClFN5O3S/c1-2-32-17-9-13(7-8-16(17)33-20-15(25)11-26-23(24)29-20)10-28-30-12-27-21-19(22(30)31)14-5-3-4-6-18(14)34-21/h7-12H,2-6H2,1H3. The summed E-state index contributed by atoms with van der Waals surface area (Å²) >= 11 is 7.34. The number of hydrogen-bond acceptors (Lipinski definition) is 8. The van der Waals surface area contributed by atoms with Crippen molar-refractivity contribution in [1.82, 2.24) is 19.6 Å². The molecule has 3 heterocycles. The van der Waals surface area contributed by atoms with E-state index in [4.69, 9.17) is 21.1 Å².